The second-order valence-corrected chi connectivity index (χ2v) is 7.26. The molecule has 0 spiro atoms. The first-order chi connectivity index (χ1) is 9.96. The Hall–Kier alpha value is -0.820. The predicted molar refractivity (Wildman–Crippen MR) is 92.7 cm³/mol. The van der Waals surface area contributed by atoms with Crippen LogP contribution in [0.2, 0.25) is 0 Å². The molecule has 0 aliphatic rings. The molecule has 0 radical (unpaired) electrons. The summed E-state index contributed by atoms with van der Waals surface area (Å²) in [6.45, 7) is 8.90. The van der Waals surface area contributed by atoms with Crippen molar-refractivity contribution in [3.05, 3.63) is 35.4 Å². The number of benzene rings is 1. The second-order valence-electron chi connectivity index (χ2n) is 7.26. The summed E-state index contributed by atoms with van der Waals surface area (Å²) in [7, 11) is 0. The van der Waals surface area contributed by atoms with Crippen LogP contribution in [0, 0.1) is 0 Å². The molecule has 1 N–H and O–H groups in total. The van der Waals surface area contributed by atoms with E-state index >= 15 is 0 Å². The van der Waals surface area contributed by atoms with Gasteiger partial charge in [-0.15, -0.1) is 0 Å². The molecule has 1 aromatic rings. The predicted octanol–water partition coefficient (Wildman–Crippen LogP) is 6.16. The Balaban J connectivity index is 2.41. The van der Waals surface area contributed by atoms with Gasteiger partial charge in [-0.1, -0.05) is 96.9 Å². The van der Waals surface area contributed by atoms with E-state index in [9.17, 15) is 5.11 Å². The minimum Gasteiger partial charge on any atom is -0.388 e. The fourth-order valence-corrected chi connectivity index (χ4v) is 2.92. The van der Waals surface area contributed by atoms with Gasteiger partial charge in [0.05, 0.1) is 6.10 Å². The Morgan fingerprint density at radius 1 is 0.905 bits per heavy atom. The number of aliphatic hydroxyl groups excluding tert-OH is 1. The summed E-state index contributed by atoms with van der Waals surface area (Å²) in [4.78, 5) is 0. The highest BCUT2D eigenvalue weighted by Crippen LogP contribution is 2.31. The van der Waals surface area contributed by atoms with Crippen LogP contribution < -0.4 is 0 Å². The van der Waals surface area contributed by atoms with Gasteiger partial charge in [-0.2, -0.15) is 0 Å². The minimum atomic E-state index is -0.309. The first-order valence-electron chi connectivity index (χ1n) is 8.74. The average Bonchev–Trinajstić information content (AvgIpc) is 2.45. The van der Waals surface area contributed by atoms with E-state index in [0.29, 0.717) is 0 Å². The largest absolute Gasteiger partial charge is 0.388 e. The maximum Gasteiger partial charge on any atom is 0.0792 e. The first kappa shape index (κ1) is 18.2. The van der Waals surface area contributed by atoms with Gasteiger partial charge in [0.25, 0.3) is 0 Å². The van der Waals surface area contributed by atoms with E-state index in [2.05, 4.69) is 45.9 Å². The lowest BCUT2D eigenvalue weighted by Gasteiger charge is -2.25. The molecule has 0 fully saturated rings. The van der Waals surface area contributed by atoms with Gasteiger partial charge < -0.3 is 5.11 Å². The lowest BCUT2D eigenvalue weighted by atomic mass is 9.81. The Kier molecular flexibility index (Phi) is 8.03. The van der Waals surface area contributed by atoms with E-state index in [1.54, 1.807) is 0 Å². The van der Waals surface area contributed by atoms with Crippen molar-refractivity contribution in [2.24, 2.45) is 0 Å². The molecule has 0 aliphatic heterocycles. The third-order valence-electron chi connectivity index (χ3n) is 4.21. The third kappa shape index (κ3) is 6.65. The third-order valence-corrected chi connectivity index (χ3v) is 4.21. The van der Waals surface area contributed by atoms with Crippen molar-refractivity contribution < 1.29 is 5.11 Å². The molecule has 0 bridgehead atoms. The molecule has 0 aromatic heterocycles. The smallest absolute Gasteiger partial charge is 0.0792 e. The van der Waals surface area contributed by atoms with Gasteiger partial charge in [0.1, 0.15) is 0 Å². The molecule has 0 saturated heterocycles. The fourth-order valence-electron chi connectivity index (χ4n) is 2.92. The van der Waals surface area contributed by atoms with Crippen LogP contribution in [0.5, 0.6) is 0 Å². The van der Waals surface area contributed by atoms with Gasteiger partial charge >= 0.3 is 0 Å². The van der Waals surface area contributed by atoms with E-state index in [-0.39, 0.29) is 11.5 Å². The average molecular weight is 290 g/mol. The molecule has 0 heterocycles. The lowest BCUT2D eigenvalue weighted by Crippen LogP contribution is -2.16. The van der Waals surface area contributed by atoms with Crippen LogP contribution in [0.1, 0.15) is 96.3 Å². The first-order valence-corrected chi connectivity index (χ1v) is 8.74. The highest BCUT2D eigenvalue weighted by Gasteiger charge is 2.20. The van der Waals surface area contributed by atoms with Crippen LogP contribution in [0.25, 0.3) is 0 Å². The minimum absolute atomic E-state index is 0.0950. The zero-order chi connectivity index (χ0) is 15.7. The molecule has 21 heavy (non-hydrogen) atoms. The highest BCUT2D eigenvalue weighted by atomic mass is 16.3. The Bertz CT molecular complexity index is 389. The summed E-state index contributed by atoms with van der Waals surface area (Å²) in [6, 6.07) is 8.36. The number of rotatable bonds is 9. The molecular formula is C20H34O. The van der Waals surface area contributed by atoms with Crippen LogP contribution in [0.15, 0.2) is 24.3 Å². The summed E-state index contributed by atoms with van der Waals surface area (Å²) < 4.78 is 0. The van der Waals surface area contributed by atoms with Crippen LogP contribution in [0.4, 0.5) is 0 Å². The molecule has 120 valence electrons. The summed E-state index contributed by atoms with van der Waals surface area (Å²) >= 11 is 0. The maximum atomic E-state index is 10.5. The zero-order valence-corrected chi connectivity index (χ0v) is 14.5. The van der Waals surface area contributed by atoms with Gasteiger partial charge in [0.15, 0.2) is 0 Å². The molecule has 1 aromatic carbocycles. The second kappa shape index (κ2) is 9.25. The van der Waals surface area contributed by atoms with E-state index in [4.69, 9.17) is 0 Å². The topological polar surface area (TPSA) is 20.2 Å². The van der Waals surface area contributed by atoms with Gasteiger partial charge in [0.2, 0.25) is 0 Å². The van der Waals surface area contributed by atoms with Crippen LogP contribution in [-0.4, -0.2) is 5.11 Å². The van der Waals surface area contributed by atoms with E-state index in [1.807, 2.05) is 6.07 Å². The van der Waals surface area contributed by atoms with Crippen LogP contribution in [0.3, 0.4) is 0 Å². The van der Waals surface area contributed by atoms with Crippen molar-refractivity contribution in [2.45, 2.75) is 90.6 Å². The van der Waals surface area contributed by atoms with Crippen molar-refractivity contribution in [1.82, 2.24) is 0 Å². The van der Waals surface area contributed by atoms with Crippen molar-refractivity contribution >= 4 is 0 Å². The Morgan fingerprint density at radius 2 is 1.48 bits per heavy atom. The number of hydrogen-bond acceptors (Lipinski definition) is 1. The number of hydrogen-bond donors (Lipinski definition) is 1. The molecular weight excluding hydrogens is 256 g/mol. The number of unbranched alkanes of at least 4 members (excludes halogenated alkanes) is 6. The standard InChI is InChI=1S/C20H34O/c1-5-6-7-8-9-10-11-16-19(21)17-14-12-13-15-18(17)20(2,3)4/h12-15,19,21H,5-11,16H2,1-4H3. The molecule has 1 unspecified atom stereocenters. The van der Waals surface area contributed by atoms with Gasteiger partial charge in [-0.05, 0) is 23.0 Å². The monoisotopic (exact) mass is 290 g/mol. The van der Waals surface area contributed by atoms with Crippen molar-refractivity contribution in [2.75, 3.05) is 0 Å². The van der Waals surface area contributed by atoms with Gasteiger partial charge in [0, 0.05) is 0 Å². The zero-order valence-electron chi connectivity index (χ0n) is 14.5. The quantitative estimate of drug-likeness (QED) is 0.540. The van der Waals surface area contributed by atoms with E-state index in [0.717, 1.165) is 18.4 Å². The molecule has 0 saturated carbocycles. The molecule has 1 atom stereocenters. The SMILES string of the molecule is CCCCCCCCCC(O)c1ccccc1C(C)(C)C. The summed E-state index contributed by atoms with van der Waals surface area (Å²) in [6.07, 6.45) is 9.66. The van der Waals surface area contributed by atoms with Crippen molar-refractivity contribution in [3.8, 4) is 0 Å². The summed E-state index contributed by atoms with van der Waals surface area (Å²) in [5.41, 5.74) is 2.49. The van der Waals surface area contributed by atoms with Gasteiger partial charge in [-0.25, -0.2) is 0 Å². The lowest BCUT2D eigenvalue weighted by molar-refractivity contribution is 0.161. The molecule has 1 nitrogen and oxygen atoms in total. The highest BCUT2D eigenvalue weighted by molar-refractivity contribution is 5.34. The maximum absolute atomic E-state index is 10.5. The fraction of sp³-hybridized carbons (Fsp3) is 0.700. The van der Waals surface area contributed by atoms with E-state index < -0.39 is 0 Å². The molecule has 1 rings (SSSR count). The molecule has 0 amide bonds. The van der Waals surface area contributed by atoms with Crippen molar-refractivity contribution in [1.29, 1.82) is 0 Å². The van der Waals surface area contributed by atoms with Crippen molar-refractivity contribution in [3.63, 3.8) is 0 Å². The van der Waals surface area contributed by atoms with Gasteiger partial charge in [-0.3, -0.25) is 0 Å². The summed E-state index contributed by atoms with van der Waals surface area (Å²) in [5, 5.41) is 10.5. The van der Waals surface area contributed by atoms with Crippen LogP contribution >= 0.6 is 0 Å². The molecule has 0 aliphatic carbocycles. The molecule has 1 heteroatoms. The Morgan fingerprint density at radius 3 is 2.10 bits per heavy atom. The Labute approximate surface area is 131 Å². The van der Waals surface area contributed by atoms with E-state index in [1.165, 1.54) is 44.1 Å². The van der Waals surface area contributed by atoms with Crippen LogP contribution in [-0.2, 0) is 5.41 Å². The normalized spacial score (nSPS) is 13.4. The summed E-state index contributed by atoms with van der Waals surface area (Å²) in [5.74, 6) is 0. The number of aliphatic hydroxyl groups is 1.